The first-order chi connectivity index (χ1) is 7.83. The lowest BCUT2D eigenvalue weighted by molar-refractivity contribution is 0.390. The molecule has 0 spiro atoms. The SMILES string of the molecule is COc1cc(OC)cc(C2CCCNC2)c1. The fraction of sp³-hybridized carbons (Fsp3) is 0.538. The molecule has 2 rings (SSSR count). The number of nitrogens with one attached hydrogen (secondary N) is 1. The Morgan fingerprint density at radius 1 is 1.12 bits per heavy atom. The van der Waals surface area contributed by atoms with Crippen molar-refractivity contribution >= 4 is 0 Å². The molecule has 0 amide bonds. The van der Waals surface area contributed by atoms with Crippen LogP contribution in [0.25, 0.3) is 0 Å². The number of ether oxygens (including phenoxy) is 2. The van der Waals surface area contributed by atoms with Crippen LogP contribution >= 0.6 is 0 Å². The van der Waals surface area contributed by atoms with Crippen molar-refractivity contribution < 1.29 is 9.47 Å². The molecule has 88 valence electrons. The summed E-state index contributed by atoms with van der Waals surface area (Å²) in [5, 5.41) is 3.43. The second-order valence-corrected chi connectivity index (χ2v) is 4.19. The molecule has 0 saturated carbocycles. The van der Waals surface area contributed by atoms with E-state index in [1.54, 1.807) is 14.2 Å². The van der Waals surface area contributed by atoms with Crippen LogP contribution in [0.3, 0.4) is 0 Å². The Morgan fingerprint density at radius 2 is 1.81 bits per heavy atom. The first-order valence-corrected chi connectivity index (χ1v) is 5.77. The molecule has 1 aliphatic rings. The Kier molecular flexibility index (Phi) is 3.67. The molecule has 0 aliphatic carbocycles. The molecule has 1 N–H and O–H groups in total. The van der Waals surface area contributed by atoms with Gasteiger partial charge in [-0.25, -0.2) is 0 Å². The van der Waals surface area contributed by atoms with Crippen molar-refractivity contribution in [1.29, 1.82) is 0 Å². The highest BCUT2D eigenvalue weighted by molar-refractivity contribution is 5.40. The minimum Gasteiger partial charge on any atom is -0.497 e. The molecule has 16 heavy (non-hydrogen) atoms. The van der Waals surface area contributed by atoms with Gasteiger partial charge in [0.15, 0.2) is 0 Å². The smallest absolute Gasteiger partial charge is 0.122 e. The fourth-order valence-electron chi connectivity index (χ4n) is 2.20. The van der Waals surface area contributed by atoms with E-state index in [1.807, 2.05) is 6.07 Å². The maximum atomic E-state index is 5.29. The molecule has 1 aromatic carbocycles. The molecule has 1 unspecified atom stereocenters. The average Bonchev–Trinajstić information content (AvgIpc) is 2.39. The summed E-state index contributed by atoms with van der Waals surface area (Å²) >= 11 is 0. The molecule has 1 saturated heterocycles. The molecule has 0 radical (unpaired) electrons. The third-order valence-corrected chi connectivity index (χ3v) is 3.14. The maximum absolute atomic E-state index is 5.29. The molecule has 1 heterocycles. The van der Waals surface area contributed by atoms with Crippen LogP contribution in [0, 0.1) is 0 Å². The molecule has 3 heteroatoms. The molecule has 1 atom stereocenters. The van der Waals surface area contributed by atoms with Gasteiger partial charge in [0.2, 0.25) is 0 Å². The van der Waals surface area contributed by atoms with Gasteiger partial charge in [-0.1, -0.05) is 0 Å². The quantitative estimate of drug-likeness (QED) is 0.848. The average molecular weight is 221 g/mol. The standard InChI is InChI=1S/C13H19NO2/c1-15-12-6-11(7-13(8-12)16-2)10-4-3-5-14-9-10/h6-8,10,14H,3-5,9H2,1-2H3. The predicted octanol–water partition coefficient (Wildman–Crippen LogP) is 2.17. The van der Waals surface area contributed by atoms with Gasteiger partial charge >= 0.3 is 0 Å². The van der Waals surface area contributed by atoms with Gasteiger partial charge in [-0.2, -0.15) is 0 Å². The number of benzene rings is 1. The largest absolute Gasteiger partial charge is 0.497 e. The Labute approximate surface area is 96.8 Å². The van der Waals surface area contributed by atoms with Gasteiger partial charge in [-0.15, -0.1) is 0 Å². The van der Waals surface area contributed by atoms with Gasteiger partial charge < -0.3 is 14.8 Å². The summed E-state index contributed by atoms with van der Waals surface area (Å²) in [5.41, 5.74) is 1.31. The summed E-state index contributed by atoms with van der Waals surface area (Å²) in [6, 6.07) is 6.14. The molecule has 1 aliphatic heterocycles. The molecular formula is C13H19NO2. The van der Waals surface area contributed by atoms with Gasteiger partial charge in [-0.05, 0) is 43.0 Å². The van der Waals surface area contributed by atoms with E-state index in [4.69, 9.17) is 9.47 Å². The molecule has 3 nitrogen and oxygen atoms in total. The number of hydrogen-bond acceptors (Lipinski definition) is 3. The van der Waals surface area contributed by atoms with Crippen LogP contribution in [0.4, 0.5) is 0 Å². The van der Waals surface area contributed by atoms with Crippen molar-refractivity contribution in [2.75, 3.05) is 27.3 Å². The van der Waals surface area contributed by atoms with E-state index in [0.29, 0.717) is 5.92 Å². The van der Waals surface area contributed by atoms with Crippen LogP contribution in [-0.4, -0.2) is 27.3 Å². The first-order valence-electron chi connectivity index (χ1n) is 5.77. The molecule has 0 bridgehead atoms. The summed E-state index contributed by atoms with van der Waals surface area (Å²) in [6.45, 7) is 2.19. The minimum atomic E-state index is 0.581. The first kappa shape index (κ1) is 11.3. The number of hydrogen-bond donors (Lipinski definition) is 1. The molecule has 0 aromatic heterocycles. The van der Waals surface area contributed by atoms with Gasteiger partial charge in [0.1, 0.15) is 11.5 Å². The maximum Gasteiger partial charge on any atom is 0.122 e. The van der Waals surface area contributed by atoms with Crippen LogP contribution in [0.15, 0.2) is 18.2 Å². The van der Waals surface area contributed by atoms with Gasteiger partial charge in [0, 0.05) is 12.6 Å². The van der Waals surface area contributed by atoms with Crippen LogP contribution in [-0.2, 0) is 0 Å². The number of rotatable bonds is 3. The topological polar surface area (TPSA) is 30.5 Å². The zero-order valence-electron chi connectivity index (χ0n) is 9.95. The van der Waals surface area contributed by atoms with Gasteiger partial charge in [-0.3, -0.25) is 0 Å². The Bertz CT molecular complexity index is 324. The Balaban J connectivity index is 2.24. The van der Waals surface area contributed by atoms with Crippen LogP contribution in [0.2, 0.25) is 0 Å². The van der Waals surface area contributed by atoms with Crippen LogP contribution in [0.5, 0.6) is 11.5 Å². The summed E-state index contributed by atoms with van der Waals surface area (Å²) in [6.07, 6.45) is 2.48. The zero-order valence-corrected chi connectivity index (χ0v) is 9.95. The van der Waals surface area contributed by atoms with Crippen molar-refractivity contribution in [2.45, 2.75) is 18.8 Å². The van der Waals surface area contributed by atoms with Crippen molar-refractivity contribution in [2.24, 2.45) is 0 Å². The monoisotopic (exact) mass is 221 g/mol. The normalized spacial score (nSPS) is 20.5. The highest BCUT2D eigenvalue weighted by atomic mass is 16.5. The summed E-state index contributed by atoms with van der Waals surface area (Å²) in [5.74, 6) is 2.33. The zero-order chi connectivity index (χ0) is 11.4. The van der Waals surface area contributed by atoms with E-state index in [1.165, 1.54) is 18.4 Å². The van der Waals surface area contributed by atoms with Crippen molar-refractivity contribution in [1.82, 2.24) is 5.32 Å². The van der Waals surface area contributed by atoms with E-state index in [9.17, 15) is 0 Å². The van der Waals surface area contributed by atoms with Gasteiger partial charge in [0.25, 0.3) is 0 Å². The van der Waals surface area contributed by atoms with Crippen molar-refractivity contribution in [3.05, 3.63) is 23.8 Å². The summed E-state index contributed by atoms with van der Waals surface area (Å²) in [7, 11) is 3.38. The molecular weight excluding hydrogens is 202 g/mol. The van der Waals surface area contributed by atoms with Gasteiger partial charge in [0.05, 0.1) is 14.2 Å². The lowest BCUT2D eigenvalue weighted by atomic mass is 9.91. The summed E-state index contributed by atoms with van der Waals surface area (Å²) < 4.78 is 10.6. The van der Waals surface area contributed by atoms with Crippen LogP contribution in [0.1, 0.15) is 24.3 Å². The highest BCUT2D eigenvalue weighted by Gasteiger charge is 2.16. The Morgan fingerprint density at radius 3 is 2.31 bits per heavy atom. The second kappa shape index (κ2) is 5.21. The van der Waals surface area contributed by atoms with E-state index in [2.05, 4.69) is 17.4 Å². The lowest BCUT2D eigenvalue weighted by Gasteiger charge is -2.23. The summed E-state index contributed by atoms with van der Waals surface area (Å²) in [4.78, 5) is 0. The highest BCUT2D eigenvalue weighted by Crippen LogP contribution is 2.30. The van der Waals surface area contributed by atoms with Crippen molar-refractivity contribution in [3.8, 4) is 11.5 Å². The molecule has 1 fully saturated rings. The van der Waals surface area contributed by atoms with E-state index < -0.39 is 0 Å². The third kappa shape index (κ3) is 2.47. The van der Waals surface area contributed by atoms with Crippen LogP contribution < -0.4 is 14.8 Å². The predicted molar refractivity (Wildman–Crippen MR) is 64.4 cm³/mol. The number of piperidine rings is 1. The third-order valence-electron chi connectivity index (χ3n) is 3.14. The Hall–Kier alpha value is -1.22. The second-order valence-electron chi connectivity index (χ2n) is 4.19. The number of methoxy groups -OCH3 is 2. The van der Waals surface area contributed by atoms with E-state index >= 15 is 0 Å². The van der Waals surface area contributed by atoms with E-state index in [0.717, 1.165) is 24.6 Å². The lowest BCUT2D eigenvalue weighted by Crippen LogP contribution is -2.28. The van der Waals surface area contributed by atoms with E-state index in [-0.39, 0.29) is 0 Å². The molecule has 1 aromatic rings. The minimum absolute atomic E-state index is 0.581. The van der Waals surface area contributed by atoms with Crippen molar-refractivity contribution in [3.63, 3.8) is 0 Å². The fourth-order valence-corrected chi connectivity index (χ4v) is 2.20.